The fraction of sp³-hybridized carbons (Fsp3) is 0.500. The Hall–Kier alpha value is -1.67. The summed E-state index contributed by atoms with van der Waals surface area (Å²) in [6, 6.07) is 0.0167. The largest absolute Gasteiger partial charge is 0.333 e. The number of hydrogen-bond acceptors (Lipinski definition) is 4. The van der Waals surface area contributed by atoms with Crippen molar-refractivity contribution in [2.45, 2.75) is 43.2 Å². The first-order valence-electron chi connectivity index (χ1n) is 6.57. The predicted octanol–water partition coefficient (Wildman–Crippen LogP) is 0.987. The first-order chi connectivity index (χ1) is 9.58. The molecular weight excluding hydrogens is 278 g/mol. The quantitative estimate of drug-likeness (QED) is 0.879. The fourth-order valence-corrected chi connectivity index (χ4v) is 4.21. The Morgan fingerprint density at radius 2 is 2.30 bits per heavy atom. The molecule has 1 fully saturated rings. The third kappa shape index (κ3) is 2.36. The van der Waals surface area contributed by atoms with Crippen LogP contribution in [0.3, 0.4) is 0 Å². The molecule has 0 bridgehead atoms. The molecule has 0 spiro atoms. The van der Waals surface area contributed by atoms with Crippen molar-refractivity contribution < 1.29 is 8.42 Å². The molecule has 0 aromatic carbocycles. The molecule has 3 rings (SSSR count). The topological polar surface area (TPSA) is 92.7 Å². The monoisotopic (exact) mass is 295 g/mol. The van der Waals surface area contributed by atoms with E-state index >= 15 is 0 Å². The lowest BCUT2D eigenvalue weighted by molar-refractivity contribution is 0.431. The number of nitrogens with one attached hydrogen (secondary N) is 2. The Balaban J connectivity index is 1.82. The Kier molecular flexibility index (Phi) is 3.35. The Morgan fingerprint density at radius 3 is 2.95 bits per heavy atom. The van der Waals surface area contributed by atoms with Crippen molar-refractivity contribution >= 4 is 10.0 Å². The van der Waals surface area contributed by atoms with E-state index in [1.807, 2.05) is 10.8 Å². The summed E-state index contributed by atoms with van der Waals surface area (Å²) in [4.78, 5) is 4.25. The predicted molar refractivity (Wildman–Crippen MR) is 72.5 cm³/mol. The average Bonchev–Trinajstić information content (AvgIpc) is 3.07. The summed E-state index contributed by atoms with van der Waals surface area (Å²) >= 11 is 0. The number of imidazole rings is 1. The molecule has 2 heterocycles. The molecule has 0 radical (unpaired) electrons. The van der Waals surface area contributed by atoms with Gasteiger partial charge in [-0.1, -0.05) is 0 Å². The molecule has 2 aromatic rings. The lowest BCUT2D eigenvalue weighted by Gasteiger charge is -2.21. The number of aromatic amines is 1. The van der Waals surface area contributed by atoms with E-state index in [4.69, 9.17) is 0 Å². The van der Waals surface area contributed by atoms with E-state index < -0.39 is 10.0 Å². The second-order valence-corrected chi connectivity index (χ2v) is 6.78. The number of hydrogen-bond donors (Lipinski definition) is 2. The molecule has 20 heavy (non-hydrogen) atoms. The van der Waals surface area contributed by atoms with Crippen LogP contribution in [0.1, 0.15) is 31.0 Å². The molecule has 2 unspecified atom stereocenters. The van der Waals surface area contributed by atoms with Gasteiger partial charge in [0, 0.05) is 18.4 Å². The molecule has 1 saturated carbocycles. The second-order valence-electron chi connectivity index (χ2n) is 5.10. The van der Waals surface area contributed by atoms with Crippen LogP contribution in [0.25, 0.3) is 0 Å². The van der Waals surface area contributed by atoms with E-state index in [1.165, 1.54) is 6.20 Å². The molecule has 108 valence electrons. The molecule has 0 aliphatic heterocycles. The minimum absolute atomic E-state index is 0.108. The lowest BCUT2D eigenvalue weighted by atomic mass is 10.2. The third-order valence-electron chi connectivity index (χ3n) is 3.77. The number of aryl methyl sites for hydroxylation is 1. The molecular formula is C12H17N5O2S. The minimum Gasteiger partial charge on any atom is -0.333 e. The Bertz CT molecular complexity index is 677. The van der Waals surface area contributed by atoms with Gasteiger partial charge < -0.3 is 4.57 Å². The normalized spacial score (nSPS) is 23.2. The van der Waals surface area contributed by atoms with Gasteiger partial charge in [-0.05, 0) is 26.2 Å². The maximum atomic E-state index is 12.4. The van der Waals surface area contributed by atoms with Gasteiger partial charge in [0.2, 0.25) is 10.0 Å². The highest BCUT2D eigenvalue weighted by Crippen LogP contribution is 2.31. The second kappa shape index (κ2) is 5.02. The summed E-state index contributed by atoms with van der Waals surface area (Å²) in [7, 11) is -3.53. The van der Waals surface area contributed by atoms with Gasteiger partial charge >= 0.3 is 0 Å². The summed E-state index contributed by atoms with van der Waals surface area (Å²) < 4.78 is 29.6. The summed E-state index contributed by atoms with van der Waals surface area (Å²) in [6.07, 6.45) is 9.46. The van der Waals surface area contributed by atoms with Crippen molar-refractivity contribution in [1.82, 2.24) is 24.5 Å². The molecule has 0 saturated heterocycles. The highest BCUT2D eigenvalue weighted by Gasteiger charge is 2.33. The van der Waals surface area contributed by atoms with Crippen LogP contribution < -0.4 is 4.72 Å². The summed E-state index contributed by atoms with van der Waals surface area (Å²) in [5.74, 6) is 0. The molecule has 2 N–H and O–H groups in total. The van der Waals surface area contributed by atoms with Gasteiger partial charge in [0.25, 0.3) is 0 Å². The molecule has 1 aliphatic carbocycles. The van der Waals surface area contributed by atoms with E-state index in [0.717, 1.165) is 19.3 Å². The van der Waals surface area contributed by atoms with Crippen LogP contribution in [0.4, 0.5) is 0 Å². The number of sulfonamides is 1. The van der Waals surface area contributed by atoms with Crippen molar-refractivity contribution in [2.24, 2.45) is 0 Å². The maximum absolute atomic E-state index is 12.4. The molecule has 8 heteroatoms. The van der Waals surface area contributed by atoms with Crippen LogP contribution in [0.15, 0.2) is 29.8 Å². The van der Waals surface area contributed by atoms with Gasteiger partial charge in [-0.3, -0.25) is 5.10 Å². The smallest absolute Gasteiger partial charge is 0.244 e. The van der Waals surface area contributed by atoms with Gasteiger partial charge in [-0.15, -0.1) is 0 Å². The zero-order chi connectivity index (χ0) is 14.2. The average molecular weight is 295 g/mol. The van der Waals surface area contributed by atoms with Crippen LogP contribution in [0, 0.1) is 6.92 Å². The Labute approximate surface area is 117 Å². The lowest BCUT2D eigenvalue weighted by Crippen LogP contribution is -2.38. The minimum atomic E-state index is -3.53. The van der Waals surface area contributed by atoms with Gasteiger partial charge in [0.05, 0.1) is 24.3 Å². The summed E-state index contributed by atoms with van der Waals surface area (Å²) in [5, 5.41) is 6.43. The van der Waals surface area contributed by atoms with E-state index in [9.17, 15) is 8.42 Å². The summed E-state index contributed by atoms with van der Waals surface area (Å²) in [6.45, 7) is 1.70. The van der Waals surface area contributed by atoms with Crippen LogP contribution >= 0.6 is 0 Å². The highest BCUT2D eigenvalue weighted by atomic mass is 32.2. The van der Waals surface area contributed by atoms with E-state index in [1.54, 1.807) is 19.4 Å². The van der Waals surface area contributed by atoms with Gasteiger partial charge in [-0.25, -0.2) is 18.1 Å². The Morgan fingerprint density at radius 1 is 1.45 bits per heavy atom. The highest BCUT2D eigenvalue weighted by molar-refractivity contribution is 7.89. The number of nitrogens with zero attached hydrogens (tertiary/aromatic N) is 3. The summed E-state index contributed by atoms with van der Waals surface area (Å²) in [5.41, 5.74) is 0.551. The third-order valence-corrected chi connectivity index (χ3v) is 5.37. The number of H-pyrrole nitrogens is 1. The molecule has 0 amide bonds. The molecule has 7 nitrogen and oxygen atoms in total. The number of rotatable bonds is 4. The van der Waals surface area contributed by atoms with E-state index in [-0.39, 0.29) is 17.0 Å². The van der Waals surface area contributed by atoms with Crippen molar-refractivity contribution in [2.75, 3.05) is 0 Å². The number of aromatic nitrogens is 4. The molecule has 2 atom stereocenters. The van der Waals surface area contributed by atoms with Crippen molar-refractivity contribution in [3.8, 4) is 0 Å². The molecule has 1 aliphatic rings. The van der Waals surface area contributed by atoms with E-state index in [2.05, 4.69) is 19.9 Å². The van der Waals surface area contributed by atoms with E-state index in [0.29, 0.717) is 5.69 Å². The SMILES string of the molecule is Cc1[nH]ncc1S(=O)(=O)NC1CCCC1n1ccnc1. The fourth-order valence-electron chi connectivity index (χ4n) is 2.77. The van der Waals surface area contributed by atoms with Crippen molar-refractivity contribution in [3.05, 3.63) is 30.6 Å². The van der Waals surface area contributed by atoms with Crippen molar-refractivity contribution in [3.63, 3.8) is 0 Å². The van der Waals surface area contributed by atoms with Crippen molar-refractivity contribution in [1.29, 1.82) is 0 Å². The van der Waals surface area contributed by atoms with Gasteiger partial charge in [0.15, 0.2) is 0 Å². The van der Waals surface area contributed by atoms with Crippen LogP contribution in [-0.2, 0) is 10.0 Å². The standard InChI is InChI=1S/C12H17N5O2S/c1-9-12(7-14-15-9)20(18,19)16-10-3-2-4-11(10)17-6-5-13-8-17/h5-8,10-11,16H,2-4H2,1H3,(H,14,15). The zero-order valence-electron chi connectivity index (χ0n) is 11.2. The first kappa shape index (κ1) is 13.3. The van der Waals surface area contributed by atoms with Crippen LogP contribution in [0.5, 0.6) is 0 Å². The first-order valence-corrected chi connectivity index (χ1v) is 8.06. The van der Waals surface area contributed by atoms with Gasteiger partial charge in [-0.2, -0.15) is 5.10 Å². The van der Waals surface area contributed by atoms with Crippen LogP contribution in [-0.4, -0.2) is 34.2 Å². The van der Waals surface area contributed by atoms with Crippen LogP contribution in [0.2, 0.25) is 0 Å². The zero-order valence-corrected chi connectivity index (χ0v) is 12.0. The van der Waals surface area contributed by atoms with Gasteiger partial charge in [0.1, 0.15) is 4.90 Å². The molecule has 2 aromatic heterocycles. The maximum Gasteiger partial charge on any atom is 0.244 e.